The molecule has 0 atom stereocenters. The minimum Gasteiger partial charge on any atom is -0.870 e. The van der Waals surface area contributed by atoms with Gasteiger partial charge in [-0.3, -0.25) is 20.0 Å². The molecule has 11 rings (SSSR count). The number of alkyl halides is 12. The number of pyridine rings is 2. The van der Waals surface area contributed by atoms with Crippen LogP contribution in [0.2, 0.25) is 10.0 Å². The van der Waals surface area contributed by atoms with Crippen LogP contribution in [0.4, 0.5) is 70.0 Å². The van der Waals surface area contributed by atoms with Gasteiger partial charge in [-0.15, -0.1) is 0 Å². The first-order valence-corrected chi connectivity index (χ1v) is 42.1. The number of ketones is 1. The van der Waals surface area contributed by atoms with Crippen molar-refractivity contribution in [3.63, 3.8) is 0 Å². The summed E-state index contributed by atoms with van der Waals surface area (Å²) in [5, 5.41) is 28.9. The monoisotopic (exact) mass is 2070 g/mol. The first-order valence-electron chi connectivity index (χ1n) is 36.9. The van der Waals surface area contributed by atoms with Crippen LogP contribution in [0.5, 0.6) is 0 Å². The van der Waals surface area contributed by atoms with E-state index in [1.54, 1.807) is 160 Å². The molecule has 6 aromatic heterocycles. The number of nitriles is 2. The largest absolute Gasteiger partial charge is 1.00 e. The predicted octanol–water partition coefficient (Wildman–Crippen LogP) is 17.6. The number of hydrazine groups is 1. The Morgan fingerprint density at radius 1 is 0.533 bits per heavy atom. The molecule has 0 bridgehead atoms. The number of aryl methyl sites for hydroxylation is 1. The smallest absolute Gasteiger partial charge is 0.870 e. The van der Waals surface area contributed by atoms with E-state index in [1.165, 1.54) is 48.6 Å². The number of para-hydroxylation sites is 5. The maximum Gasteiger partial charge on any atom is 1.00 e. The zero-order chi connectivity index (χ0) is 103. The van der Waals surface area contributed by atoms with Gasteiger partial charge in [-0.25, -0.2) is 33.5 Å². The molecule has 0 radical (unpaired) electrons. The quantitative estimate of drug-likeness (QED) is 0.0121. The summed E-state index contributed by atoms with van der Waals surface area (Å²) in [4.78, 5) is 120. The van der Waals surface area contributed by atoms with Crippen LogP contribution in [-0.2, 0) is 107 Å². The summed E-state index contributed by atoms with van der Waals surface area (Å²) in [5.74, 6) is 4.88. The van der Waals surface area contributed by atoms with E-state index in [9.17, 15) is 71.6 Å². The van der Waals surface area contributed by atoms with Crippen LogP contribution >= 0.6 is 62.1 Å². The van der Waals surface area contributed by atoms with Gasteiger partial charge in [-0.05, 0) is 159 Å². The van der Waals surface area contributed by atoms with Crippen molar-refractivity contribution < 1.29 is 191 Å². The number of nitrogens with two attached hydrogens (primary N) is 2. The van der Waals surface area contributed by atoms with Crippen molar-refractivity contribution in [1.82, 2.24) is 55.2 Å². The van der Waals surface area contributed by atoms with Crippen LogP contribution in [-0.4, -0.2) is 116 Å². The van der Waals surface area contributed by atoms with E-state index >= 15 is 0 Å². The number of Topliss-reactive ketones (excluding diaryl/α,β-unsaturated/α-hetero) is 1. The Labute approximate surface area is 841 Å². The Kier molecular flexibility index (Phi) is 79.6. The number of allylic oxidation sites excluding steroid dienone is 2. The van der Waals surface area contributed by atoms with E-state index < -0.39 is 52.7 Å². The number of hydrogen-bond acceptors (Lipinski definition) is 30. The molecule has 5 aromatic carbocycles. The summed E-state index contributed by atoms with van der Waals surface area (Å²) in [6.07, 6.45) is -7.55. The molecule has 0 saturated heterocycles. The van der Waals surface area contributed by atoms with E-state index in [0.717, 1.165) is 57.6 Å². The molecule has 738 valence electrons. The van der Waals surface area contributed by atoms with Gasteiger partial charge < -0.3 is 37.6 Å². The minimum absolute atomic E-state index is 0. The molecule has 11 aromatic rings. The summed E-state index contributed by atoms with van der Waals surface area (Å²) in [7, 11) is 0. The number of hydrogen-bond donors (Lipinski definition) is 5. The van der Waals surface area contributed by atoms with Gasteiger partial charge in [0.05, 0.1) is 75.3 Å². The van der Waals surface area contributed by atoms with E-state index in [0.29, 0.717) is 47.9 Å². The molecule has 137 heavy (non-hydrogen) atoms. The maximum absolute atomic E-state index is 13.3. The molecule has 0 aliphatic heterocycles. The normalized spacial score (nSPS) is 9.61. The van der Waals surface area contributed by atoms with Gasteiger partial charge in [0.2, 0.25) is 0 Å². The first-order chi connectivity index (χ1) is 62.6. The third kappa shape index (κ3) is 58.7. The molecule has 0 unspecified atom stereocenters. The second-order valence-electron chi connectivity index (χ2n) is 23.2. The van der Waals surface area contributed by atoms with Crippen molar-refractivity contribution in [2.24, 2.45) is 5.84 Å². The van der Waals surface area contributed by atoms with Crippen molar-refractivity contribution in [3.8, 4) is 34.9 Å². The number of nitrogens with one attached hydrogen (secondary N) is 2. The van der Waals surface area contributed by atoms with Crippen LogP contribution in [0, 0.1) is 60.4 Å². The van der Waals surface area contributed by atoms with Crippen LogP contribution in [0.1, 0.15) is 123 Å². The number of ether oxygens (including phenoxy) is 2. The number of carbonyl (C=O) groups is 3. The zero-order valence-corrected chi connectivity index (χ0v) is 79.2. The van der Waals surface area contributed by atoms with Gasteiger partial charge in [0.15, 0.2) is 34.1 Å². The molecule has 0 amide bonds. The SMILES string of the molecule is C/C=C(\CC)C(=O)OCC.CC#N.CC(=O)CC#N.CCC(=CNc1cc(C(F)(F)F)nn1-c1ccccc1)CC.CCOC(C)=O.CCc1cnc2c(c(C(F)(F)F)nn2-c2ccccc2)c1Cl.FC(F)(F)c1nn(-c2ccccc2)c2nccc(Cl)c12.N.NNc1ccccc1.Nc1cc(C(F)(F)F)nn1-c1ccccc1.O=C=O.O=C=O.O=C=O.O=C=O.O=C=O.O=P(Cl)(Cl)Cl.[Ar].[Li+].[OH-]. The molecule has 0 fully saturated rings. The maximum atomic E-state index is 13.3. The fourth-order valence-electron chi connectivity index (χ4n) is 9.10. The van der Waals surface area contributed by atoms with Crippen molar-refractivity contribution in [2.75, 3.05) is 29.7 Å². The van der Waals surface area contributed by atoms with E-state index in [-0.39, 0.29) is 167 Å². The number of anilines is 3. The minimum atomic E-state index is -4.60. The fraction of sp³-hybridized carbons (Fsp3) is 0.253. The van der Waals surface area contributed by atoms with Gasteiger partial charge >= 0.3 is 91.5 Å². The third-order valence-electron chi connectivity index (χ3n) is 14.4. The van der Waals surface area contributed by atoms with E-state index in [1.807, 2.05) is 65.0 Å². The average Bonchev–Trinajstić information content (AvgIpc) is 1.60. The van der Waals surface area contributed by atoms with Crippen molar-refractivity contribution in [2.45, 2.75) is 126 Å². The molecular weight excluding hydrogens is 1990 g/mol. The summed E-state index contributed by atoms with van der Waals surface area (Å²) in [6, 6.07) is 50.4. The Morgan fingerprint density at radius 3 is 1.16 bits per heavy atom. The summed E-state index contributed by atoms with van der Waals surface area (Å²) in [5.41, 5.74) is 9.65. The standard InChI is InChI=1S/C16H18F3N3.C15H11ClF3N3.C13H7ClF3N3.C10H8F3N3.C8H14O2.C6H8N2.C4H5NO.C4H8O2.C2H3N.5CO2.Ar.Cl3OP.Li.H3N.H2O/c1-3-12(4-2)11-20-15-10-14(16(17,18)19)21-22(15)13-8-6-5-7-9-13;1-2-9-8-20-14-11(12(9)16)13(15(17,18)19)21-22(14)10-6-4-3-5-7-10;14-9-6-7-18-12-10(9)11(13(15,16)17)19-20(12)8-4-2-1-3-5-8;11-10(12,13)8-6-9(14)16(15-8)7-4-2-1-3-5-7;1-4-7(5-2)8(9)10-6-3;7-8-6-4-2-1-3-5-6;1-4(6)2-3-5;1-3-6-4(2)5;1-2-3;5*2-1-3;;1-5(2,3)4;;;/h5-11,20H,3-4H2,1-2H3;3-8H,2H2,1H3;1-7H;1-6H,14H2;4H,5-6H2,1-3H3;1-5,8H,7H2;2H2,1H3;3H2,1-2H3;1H3;;;;;;;;;1H3;1H2/q;;;;;;;;;;;;;;;;+1;;/p-1/b;;;;7-4+;;;;;;;;;;;;;;. The Hall–Kier alpha value is -12.3. The average molecular weight is 2080 g/mol. The Morgan fingerprint density at radius 2 is 0.876 bits per heavy atom. The molecule has 54 heteroatoms. The summed E-state index contributed by atoms with van der Waals surface area (Å²) >= 11 is 25.9. The van der Waals surface area contributed by atoms with Gasteiger partial charge in [-0.1, -0.05) is 154 Å². The summed E-state index contributed by atoms with van der Waals surface area (Å²) in [6.45, 7) is 18.3. The first kappa shape index (κ1) is 140. The Bertz CT molecular complexity index is 5610. The zero-order valence-electron chi connectivity index (χ0n) is 73.9. The molecule has 6 heterocycles. The van der Waals surface area contributed by atoms with Crippen molar-refractivity contribution in [3.05, 3.63) is 244 Å². The van der Waals surface area contributed by atoms with Gasteiger partial charge in [0, 0.05) is 93.6 Å². The van der Waals surface area contributed by atoms with Crippen LogP contribution < -0.4 is 47.3 Å². The van der Waals surface area contributed by atoms with Crippen LogP contribution in [0.25, 0.3) is 44.8 Å². The number of esters is 2. The Balaban J connectivity index is -0.000000229. The number of rotatable bonds is 15. The third-order valence-corrected chi connectivity index (χ3v) is 15.1. The molecule has 0 spiro atoms. The second-order valence-corrected chi connectivity index (χ2v) is 30.7. The summed E-state index contributed by atoms with van der Waals surface area (Å²) < 4.78 is 178. The van der Waals surface area contributed by atoms with Gasteiger partial charge in [0.25, 0.3) is 0 Å². The number of nitrogens with zero attached hydrogens (tertiary/aromatic N) is 12. The molecular formula is C83H86ArCl5F12LiN17O17P. The molecule has 0 aliphatic rings. The fourth-order valence-corrected chi connectivity index (χ4v) is 9.69. The predicted molar refractivity (Wildman–Crippen MR) is 468 cm³/mol. The number of nitrogen functional groups attached to an aromatic ring is 2. The van der Waals surface area contributed by atoms with Gasteiger partial charge in [-0.2, -0.15) is 132 Å². The molecule has 10 N–H and O–H groups in total. The number of fused-ring (bicyclic) bond motifs is 2. The van der Waals surface area contributed by atoms with E-state index in [4.69, 9.17) is 98.0 Å². The number of carbonyl (C=O) groups excluding carboxylic acids is 13. The molecule has 34 nitrogen and oxygen atoms in total. The van der Waals surface area contributed by atoms with Gasteiger partial charge in [0.1, 0.15) is 17.4 Å². The molecule has 0 aliphatic carbocycles. The second kappa shape index (κ2) is 77.8. The number of halogens is 17. The van der Waals surface area contributed by atoms with Crippen molar-refractivity contribution in [1.29, 1.82) is 10.5 Å². The number of benzene rings is 5. The van der Waals surface area contributed by atoms with Crippen molar-refractivity contribution >= 4 is 150 Å². The van der Waals surface area contributed by atoms with Crippen LogP contribution in [0.3, 0.4) is 0 Å². The topological polar surface area (TPSA) is 543 Å². The number of aromatic nitrogens is 10. The van der Waals surface area contributed by atoms with Crippen LogP contribution in [0.15, 0.2) is 206 Å². The van der Waals surface area contributed by atoms with E-state index in [2.05, 4.69) is 79.6 Å². The molecule has 0 saturated carbocycles.